The second-order valence-electron chi connectivity index (χ2n) is 7.98. The number of ether oxygens (including phenoxy) is 1. The molecular formula is C22H28N4O3. The van der Waals surface area contributed by atoms with E-state index in [2.05, 4.69) is 10.4 Å². The van der Waals surface area contributed by atoms with Crippen molar-refractivity contribution in [2.45, 2.75) is 56.7 Å². The van der Waals surface area contributed by atoms with Crippen LogP contribution in [0.4, 0.5) is 0 Å². The van der Waals surface area contributed by atoms with Crippen LogP contribution in [0, 0.1) is 0 Å². The second kappa shape index (κ2) is 8.27. The molecule has 1 aromatic heterocycles. The van der Waals surface area contributed by atoms with E-state index >= 15 is 0 Å². The van der Waals surface area contributed by atoms with Crippen LogP contribution in [0.1, 0.15) is 48.2 Å². The Labute approximate surface area is 171 Å². The number of nitrogens with zero attached hydrogens (tertiary/aromatic N) is 3. The number of amides is 2. The van der Waals surface area contributed by atoms with Gasteiger partial charge < -0.3 is 15.0 Å². The van der Waals surface area contributed by atoms with Gasteiger partial charge >= 0.3 is 0 Å². The summed E-state index contributed by atoms with van der Waals surface area (Å²) in [5.74, 6) is 0.903. The number of hydrogen-bond donors (Lipinski definition) is 1. The first-order valence-electron chi connectivity index (χ1n) is 10.3. The van der Waals surface area contributed by atoms with E-state index < -0.39 is 0 Å². The van der Waals surface area contributed by atoms with Crippen LogP contribution in [0.15, 0.2) is 36.5 Å². The van der Waals surface area contributed by atoms with Gasteiger partial charge in [0.25, 0.3) is 5.91 Å². The van der Waals surface area contributed by atoms with E-state index in [1.165, 1.54) is 0 Å². The third-order valence-corrected chi connectivity index (χ3v) is 6.15. The van der Waals surface area contributed by atoms with Crippen molar-refractivity contribution >= 4 is 11.8 Å². The lowest BCUT2D eigenvalue weighted by Crippen LogP contribution is -2.49. The zero-order valence-corrected chi connectivity index (χ0v) is 17.0. The van der Waals surface area contributed by atoms with Crippen molar-refractivity contribution in [2.75, 3.05) is 7.11 Å². The Bertz CT molecular complexity index is 876. The third-order valence-electron chi connectivity index (χ3n) is 6.15. The summed E-state index contributed by atoms with van der Waals surface area (Å²) in [4.78, 5) is 27.7. The van der Waals surface area contributed by atoms with Gasteiger partial charge in [-0.1, -0.05) is 18.6 Å². The minimum absolute atomic E-state index is 0.00299. The van der Waals surface area contributed by atoms with Crippen molar-refractivity contribution in [3.8, 4) is 5.75 Å². The molecule has 0 bridgehead atoms. The molecule has 0 unspecified atom stereocenters. The number of likely N-dealkylation sites (tertiary alicyclic amines) is 1. The van der Waals surface area contributed by atoms with Gasteiger partial charge in [0, 0.05) is 25.7 Å². The van der Waals surface area contributed by atoms with E-state index in [-0.39, 0.29) is 29.9 Å². The van der Waals surface area contributed by atoms with Crippen LogP contribution in [-0.4, -0.2) is 51.7 Å². The molecule has 0 radical (unpaired) electrons. The van der Waals surface area contributed by atoms with Gasteiger partial charge in [-0.3, -0.25) is 14.3 Å². The standard InChI is InChI=1S/C22H28N4O3/c1-25-20(11-12-23-25)22(28)26-16(13-15-7-9-17(29-2)10-8-15)14-18-19(26)5-3-4-6-21(27)24-18/h7-12,16,18-19H,3-6,13-14H2,1-2H3,(H,24,27)/t16-,18+,19-/m1/s1. The van der Waals surface area contributed by atoms with Crippen LogP contribution in [0.3, 0.4) is 0 Å². The number of hydrogen-bond acceptors (Lipinski definition) is 4. The maximum Gasteiger partial charge on any atom is 0.272 e. The number of aromatic nitrogens is 2. The summed E-state index contributed by atoms with van der Waals surface area (Å²) in [6.45, 7) is 0. The molecule has 0 aliphatic carbocycles. The predicted octanol–water partition coefficient (Wildman–Crippen LogP) is 2.31. The first-order valence-corrected chi connectivity index (χ1v) is 10.3. The largest absolute Gasteiger partial charge is 0.497 e. The number of aryl methyl sites for hydroxylation is 1. The Balaban J connectivity index is 1.63. The number of fused-ring (bicyclic) bond motifs is 1. The molecule has 29 heavy (non-hydrogen) atoms. The lowest BCUT2D eigenvalue weighted by molar-refractivity contribution is -0.122. The lowest BCUT2D eigenvalue weighted by atomic mass is 9.97. The van der Waals surface area contributed by atoms with Crippen LogP contribution in [0.5, 0.6) is 5.75 Å². The monoisotopic (exact) mass is 396 g/mol. The minimum Gasteiger partial charge on any atom is -0.497 e. The summed E-state index contributed by atoms with van der Waals surface area (Å²) >= 11 is 0. The van der Waals surface area contributed by atoms with E-state index in [0.29, 0.717) is 12.1 Å². The second-order valence-corrected chi connectivity index (χ2v) is 7.98. The van der Waals surface area contributed by atoms with Crippen LogP contribution >= 0.6 is 0 Å². The summed E-state index contributed by atoms with van der Waals surface area (Å²) in [5, 5.41) is 7.36. The molecule has 2 saturated heterocycles. The quantitative estimate of drug-likeness (QED) is 0.861. The van der Waals surface area contributed by atoms with Gasteiger partial charge in [-0.15, -0.1) is 0 Å². The molecular weight excluding hydrogens is 368 g/mol. The highest BCUT2D eigenvalue weighted by Crippen LogP contribution is 2.33. The Morgan fingerprint density at radius 2 is 2.03 bits per heavy atom. The number of carbonyl (C=O) groups is 2. The molecule has 0 spiro atoms. The zero-order chi connectivity index (χ0) is 20.4. The van der Waals surface area contributed by atoms with E-state index in [1.807, 2.05) is 29.2 Å². The number of benzene rings is 1. The van der Waals surface area contributed by atoms with Crippen molar-refractivity contribution in [3.63, 3.8) is 0 Å². The summed E-state index contributed by atoms with van der Waals surface area (Å²) in [7, 11) is 3.44. The van der Waals surface area contributed by atoms with E-state index in [9.17, 15) is 9.59 Å². The Morgan fingerprint density at radius 3 is 2.72 bits per heavy atom. The molecule has 4 rings (SSSR count). The molecule has 0 saturated carbocycles. The Kier molecular flexibility index (Phi) is 5.56. The first-order chi connectivity index (χ1) is 14.1. The first kappa shape index (κ1) is 19.5. The van der Waals surface area contributed by atoms with Crippen LogP contribution in [-0.2, 0) is 18.3 Å². The van der Waals surface area contributed by atoms with Crippen molar-refractivity contribution < 1.29 is 14.3 Å². The third kappa shape index (κ3) is 3.99. The average molecular weight is 396 g/mol. The molecule has 3 atom stereocenters. The van der Waals surface area contributed by atoms with Crippen molar-refractivity contribution in [1.82, 2.24) is 20.0 Å². The van der Waals surface area contributed by atoms with Crippen molar-refractivity contribution in [1.29, 1.82) is 0 Å². The molecule has 3 heterocycles. The summed E-state index contributed by atoms with van der Waals surface area (Å²) in [6.07, 6.45) is 6.47. The molecule has 7 nitrogen and oxygen atoms in total. The molecule has 1 N–H and O–H groups in total. The number of carbonyl (C=O) groups excluding carboxylic acids is 2. The molecule has 2 aromatic rings. The van der Waals surface area contributed by atoms with Gasteiger partial charge in [-0.25, -0.2) is 0 Å². The van der Waals surface area contributed by atoms with Gasteiger partial charge in [-0.2, -0.15) is 5.10 Å². The number of methoxy groups -OCH3 is 1. The normalized spacial score (nSPS) is 24.4. The van der Waals surface area contributed by atoms with Gasteiger partial charge in [0.2, 0.25) is 5.91 Å². The smallest absolute Gasteiger partial charge is 0.272 e. The highest BCUT2D eigenvalue weighted by atomic mass is 16.5. The molecule has 2 fully saturated rings. The van der Waals surface area contributed by atoms with E-state index in [4.69, 9.17) is 4.74 Å². The van der Waals surface area contributed by atoms with Gasteiger partial charge in [-0.05, 0) is 49.4 Å². The fraction of sp³-hybridized carbons (Fsp3) is 0.500. The highest BCUT2D eigenvalue weighted by Gasteiger charge is 2.45. The average Bonchev–Trinajstić information content (AvgIpc) is 3.27. The number of nitrogens with one attached hydrogen (secondary N) is 1. The van der Waals surface area contributed by atoms with Crippen molar-refractivity contribution in [3.05, 3.63) is 47.8 Å². The van der Waals surface area contributed by atoms with E-state index in [1.54, 1.807) is 31.1 Å². The Hall–Kier alpha value is -2.83. The van der Waals surface area contributed by atoms with Crippen LogP contribution in [0.2, 0.25) is 0 Å². The Morgan fingerprint density at radius 1 is 1.24 bits per heavy atom. The van der Waals surface area contributed by atoms with Gasteiger partial charge in [0.15, 0.2) is 0 Å². The molecule has 2 amide bonds. The maximum atomic E-state index is 13.5. The minimum atomic E-state index is -0.00849. The van der Waals surface area contributed by atoms with E-state index in [0.717, 1.165) is 43.4 Å². The fourth-order valence-electron chi connectivity index (χ4n) is 4.69. The van der Waals surface area contributed by atoms with Gasteiger partial charge in [0.1, 0.15) is 11.4 Å². The molecule has 1 aromatic carbocycles. The van der Waals surface area contributed by atoms with Gasteiger partial charge in [0.05, 0.1) is 19.2 Å². The van der Waals surface area contributed by atoms with Crippen molar-refractivity contribution in [2.24, 2.45) is 7.05 Å². The molecule has 7 heteroatoms. The molecule has 2 aliphatic rings. The SMILES string of the molecule is COc1ccc(C[C@@H]2C[C@@H]3NC(=O)CCCC[C@H]3N2C(=O)c2ccnn2C)cc1. The topological polar surface area (TPSA) is 76.5 Å². The zero-order valence-electron chi connectivity index (χ0n) is 17.0. The highest BCUT2D eigenvalue weighted by molar-refractivity contribution is 5.93. The summed E-state index contributed by atoms with van der Waals surface area (Å²) in [5.41, 5.74) is 1.73. The number of rotatable bonds is 4. The van der Waals surface area contributed by atoms with Crippen LogP contribution in [0.25, 0.3) is 0 Å². The summed E-state index contributed by atoms with van der Waals surface area (Å²) in [6, 6.07) is 9.80. The maximum absolute atomic E-state index is 13.5. The fourth-order valence-corrected chi connectivity index (χ4v) is 4.69. The predicted molar refractivity (Wildman–Crippen MR) is 109 cm³/mol. The molecule has 154 valence electrons. The summed E-state index contributed by atoms with van der Waals surface area (Å²) < 4.78 is 6.88. The molecule has 2 aliphatic heterocycles. The van der Waals surface area contributed by atoms with Crippen LogP contribution < -0.4 is 10.1 Å². The lowest BCUT2D eigenvalue weighted by Gasteiger charge is -2.33.